The first kappa shape index (κ1) is 14.7. The van der Waals surface area contributed by atoms with E-state index in [-0.39, 0.29) is 12.5 Å². The van der Waals surface area contributed by atoms with Crippen molar-refractivity contribution in [1.29, 1.82) is 0 Å². The van der Waals surface area contributed by atoms with Gasteiger partial charge < -0.3 is 5.11 Å². The van der Waals surface area contributed by atoms with Gasteiger partial charge in [-0.3, -0.25) is 10.1 Å². The van der Waals surface area contributed by atoms with Crippen LogP contribution in [0.2, 0.25) is 0 Å². The Morgan fingerprint density at radius 3 is 2.95 bits per heavy atom. The van der Waals surface area contributed by atoms with E-state index in [2.05, 4.69) is 22.1 Å². The lowest BCUT2D eigenvalue weighted by Crippen LogP contribution is -2.09. The molecule has 2 heterocycles. The molecule has 0 aliphatic rings. The molecule has 0 fully saturated rings. The third-order valence-corrected chi connectivity index (χ3v) is 4.45. The molecule has 0 aliphatic carbocycles. The molecule has 0 atom stereocenters. The molecule has 104 valence electrons. The van der Waals surface area contributed by atoms with Crippen LogP contribution in [0.25, 0.3) is 0 Å². The van der Waals surface area contributed by atoms with Crippen LogP contribution in [-0.4, -0.2) is 22.6 Å². The molecule has 2 N–H and O–H groups in total. The van der Waals surface area contributed by atoms with Gasteiger partial charge in [-0.25, -0.2) is 4.98 Å². The zero-order chi connectivity index (χ0) is 14.5. The molecular formula is C14H14N2O2S2. The predicted octanol–water partition coefficient (Wildman–Crippen LogP) is 2.81. The van der Waals surface area contributed by atoms with Crippen molar-refractivity contribution in [3.05, 3.63) is 32.5 Å². The lowest BCUT2D eigenvalue weighted by atomic mass is 10.2. The van der Waals surface area contributed by atoms with Gasteiger partial charge in [-0.2, -0.15) is 0 Å². The number of thiophene rings is 1. The largest absolute Gasteiger partial charge is 0.395 e. The number of aliphatic hydroxyl groups is 1. The Balaban J connectivity index is 2.11. The normalized spacial score (nSPS) is 9.95. The summed E-state index contributed by atoms with van der Waals surface area (Å²) in [5, 5.41) is 14.0. The lowest BCUT2D eigenvalue weighted by molar-refractivity contribution is 0.103. The predicted molar refractivity (Wildman–Crippen MR) is 82.4 cm³/mol. The Morgan fingerprint density at radius 2 is 2.30 bits per heavy atom. The number of rotatable bonds is 3. The van der Waals surface area contributed by atoms with Crippen molar-refractivity contribution in [3.63, 3.8) is 0 Å². The van der Waals surface area contributed by atoms with Gasteiger partial charge in [0.1, 0.15) is 0 Å². The van der Waals surface area contributed by atoms with Gasteiger partial charge >= 0.3 is 0 Å². The second kappa shape index (κ2) is 6.66. The maximum absolute atomic E-state index is 12.1. The number of hydrogen-bond acceptors (Lipinski definition) is 5. The average molecular weight is 306 g/mol. The topological polar surface area (TPSA) is 62.2 Å². The molecule has 0 saturated carbocycles. The molecule has 0 spiro atoms. The molecule has 0 bridgehead atoms. The Kier molecular flexibility index (Phi) is 4.90. The molecule has 0 unspecified atom stereocenters. The van der Waals surface area contributed by atoms with Gasteiger partial charge in [-0.1, -0.05) is 11.8 Å². The van der Waals surface area contributed by atoms with Gasteiger partial charge in [0.2, 0.25) is 0 Å². The van der Waals surface area contributed by atoms with Crippen molar-refractivity contribution in [3.8, 4) is 11.8 Å². The average Bonchev–Trinajstić information content (AvgIpc) is 2.97. The van der Waals surface area contributed by atoms with Gasteiger partial charge in [-0.05, 0) is 25.5 Å². The Labute approximate surface area is 125 Å². The number of thiazole rings is 1. The van der Waals surface area contributed by atoms with Crippen LogP contribution >= 0.6 is 22.7 Å². The van der Waals surface area contributed by atoms with Crippen LogP contribution in [0.5, 0.6) is 0 Å². The van der Waals surface area contributed by atoms with Gasteiger partial charge in [0, 0.05) is 11.8 Å². The van der Waals surface area contributed by atoms with E-state index >= 15 is 0 Å². The third-order valence-electron chi connectivity index (χ3n) is 2.42. The fraction of sp³-hybridized carbons (Fsp3) is 0.286. The molecule has 6 heteroatoms. The molecule has 1 amide bonds. The van der Waals surface area contributed by atoms with E-state index in [0.29, 0.717) is 16.4 Å². The Hall–Kier alpha value is -1.68. The van der Waals surface area contributed by atoms with E-state index in [1.54, 1.807) is 0 Å². The van der Waals surface area contributed by atoms with Crippen molar-refractivity contribution in [2.75, 3.05) is 11.9 Å². The van der Waals surface area contributed by atoms with Crippen LogP contribution in [0.3, 0.4) is 0 Å². The highest BCUT2D eigenvalue weighted by Gasteiger charge is 2.13. The minimum Gasteiger partial charge on any atom is -0.395 e. The highest BCUT2D eigenvalue weighted by atomic mass is 32.1. The van der Waals surface area contributed by atoms with Crippen LogP contribution in [-0.2, 0) is 0 Å². The van der Waals surface area contributed by atoms with Crippen LogP contribution in [0.1, 0.15) is 32.2 Å². The molecule has 4 nitrogen and oxygen atoms in total. The molecule has 20 heavy (non-hydrogen) atoms. The number of amides is 1. The van der Waals surface area contributed by atoms with Crippen LogP contribution in [0, 0.1) is 25.7 Å². The summed E-state index contributed by atoms with van der Waals surface area (Å²) >= 11 is 2.76. The summed E-state index contributed by atoms with van der Waals surface area (Å²) in [6, 6.07) is 1.82. The fourth-order valence-corrected chi connectivity index (χ4v) is 3.11. The summed E-state index contributed by atoms with van der Waals surface area (Å²) in [7, 11) is 0. The second-order valence-corrected chi connectivity index (χ2v) is 6.06. The lowest BCUT2D eigenvalue weighted by Gasteiger charge is -1.97. The highest BCUT2D eigenvalue weighted by molar-refractivity contribution is 7.15. The third kappa shape index (κ3) is 3.67. The van der Waals surface area contributed by atoms with Crippen molar-refractivity contribution >= 4 is 33.7 Å². The fourth-order valence-electron chi connectivity index (χ4n) is 1.49. The zero-order valence-electron chi connectivity index (χ0n) is 11.2. The molecule has 2 rings (SSSR count). The first-order chi connectivity index (χ1) is 9.60. The van der Waals surface area contributed by atoms with Gasteiger partial charge in [0.15, 0.2) is 5.13 Å². The van der Waals surface area contributed by atoms with E-state index < -0.39 is 0 Å². The van der Waals surface area contributed by atoms with E-state index in [9.17, 15) is 4.79 Å². The number of nitrogens with one attached hydrogen (secondary N) is 1. The monoisotopic (exact) mass is 306 g/mol. The van der Waals surface area contributed by atoms with Crippen molar-refractivity contribution in [2.24, 2.45) is 0 Å². The number of carbonyl (C=O) groups is 1. The highest BCUT2D eigenvalue weighted by Crippen LogP contribution is 2.23. The summed E-state index contributed by atoms with van der Waals surface area (Å²) in [4.78, 5) is 17.8. The summed E-state index contributed by atoms with van der Waals surface area (Å²) in [5.41, 5.74) is 1.86. The molecule has 0 aromatic carbocycles. The zero-order valence-corrected chi connectivity index (χ0v) is 12.8. The van der Waals surface area contributed by atoms with E-state index in [4.69, 9.17) is 5.11 Å². The SMILES string of the molecule is Cc1csc(NC(=O)c2cc(C)c(C#CCCO)s2)n1. The van der Waals surface area contributed by atoms with Gasteiger partial charge in [0.25, 0.3) is 5.91 Å². The summed E-state index contributed by atoms with van der Waals surface area (Å²) < 4.78 is 0. The van der Waals surface area contributed by atoms with E-state index in [0.717, 1.165) is 16.1 Å². The van der Waals surface area contributed by atoms with Crippen LogP contribution in [0.15, 0.2) is 11.4 Å². The van der Waals surface area contributed by atoms with Gasteiger partial charge in [-0.15, -0.1) is 22.7 Å². The molecule has 2 aromatic heterocycles. The first-order valence-electron chi connectivity index (χ1n) is 6.04. The molecular weight excluding hydrogens is 292 g/mol. The van der Waals surface area contributed by atoms with E-state index in [1.165, 1.54) is 22.7 Å². The number of aliphatic hydroxyl groups excluding tert-OH is 1. The number of aromatic nitrogens is 1. The maximum Gasteiger partial charge on any atom is 0.267 e. The molecule has 0 saturated heterocycles. The first-order valence-corrected chi connectivity index (χ1v) is 7.73. The number of nitrogens with zero attached hydrogens (tertiary/aromatic N) is 1. The molecule has 2 aromatic rings. The quantitative estimate of drug-likeness (QED) is 0.857. The smallest absolute Gasteiger partial charge is 0.267 e. The van der Waals surface area contributed by atoms with Crippen molar-refractivity contribution in [1.82, 2.24) is 4.98 Å². The molecule has 0 aliphatic heterocycles. The van der Waals surface area contributed by atoms with Crippen molar-refractivity contribution in [2.45, 2.75) is 20.3 Å². The Morgan fingerprint density at radius 1 is 1.50 bits per heavy atom. The second-order valence-electron chi connectivity index (χ2n) is 4.15. The number of aryl methyl sites for hydroxylation is 2. The Bertz CT molecular complexity index is 677. The van der Waals surface area contributed by atoms with E-state index in [1.807, 2.05) is 25.3 Å². The van der Waals surface area contributed by atoms with Crippen LogP contribution < -0.4 is 5.32 Å². The molecule has 0 radical (unpaired) electrons. The van der Waals surface area contributed by atoms with Crippen LogP contribution in [0.4, 0.5) is 5.13 Å². The van der Waals surface area contributed by atoms with Gasteiger partial charge in [0.05, 0.1) is 22.1 Å². The summed E-state index contributed by atoms with van der Waals surface area (Å²) in [6.07, 6.45) is 0.442. The van der Waals surface area contributed by atoms with Crippen molar-refractivity contribution < 1.29 is 9.90 Å². The summed E-state index contributed by atoms with van der Waals surface area (Å²) in [6.45, 7) is 3.86. The standard InChI is InChI=1S/C14H14N2O2S2/c1-9-7-12(20-11(9)5-3-4-6-17)13(18)16-14-15-10(2)8-19-14/h7-8,17H,4,6H2,1-2H3,(H,15,16,18). The maximum atomic E-state index is 12.1. The minimum atomic E-state index is -0.164. The number of carbonyl (C=O) groups excluding carboxylic acids is 1. The minimum absolute atomic E-state index is 0.0498. The number of anilines is 1. The number of hydrogen-bond donors (Lipinski definition) is 2. The summed E-state index contributed by atoms with van der Waals surface area (Å²) in [5.74, 6) is 5.67.